The van der Waals surface area contributed by atoms with Gasteiger partial charge in [-0.25, -0.2) is 4.98 Å². The predicted molar refractivity (Wildman–Crippen MR) is 62.7 cm³/mol. The molecule has 0 fully saturated rings. The molecule has 2 aromatic rings. The van der Waals surface area contributed by atoms with E-state index in [1.165, 1.54) is 5.52 Å². The van der Waals surface area contributed by atoms with Gasteiger partial charge in [0.05, 0.1) is 17.4 Å². The van der Waals surface area contributed by atoms with Gasteiger partial charge in [0, 0.05) is 12.1 Å². The second-order valence-corrected chi connectivity index (χ2v) is 4.28. The van der Waals surface area contributed by atoms with E-state index in [1.807, 2.05) is 13.3 Å². The number of benzene rings is 1. The normalized spacial score (nSPS) is 13.7. The molecule has 80 valence electrons. The summed E-state index contributed by atoms with van der Waals surface area (Å²) >= 11 is 0. The maximum absolute atomic E-state index is 5.84. The Hall–Kier alpha value is -1.35. The first kappa shape index (κ1) is 10.2. The van der Waals surface area contributed by atoms with Gasteiger partial charge in [-0.15, -0.1) is 0 Å². The molecule has 1 heterocycles. The van der Waals surface area contributed by atoms with Crippen molar-refractivity contribution in [3.8, 4) is 0 Å². The second kappa shape index (κ2) is 3.66. The first-order valence-corrected chi connectivity index (χ1v) is 5.31. The number of hydrogen-bond acceptors (Lipinski definition) is 2. The van der Waals surface area contributed by atoms with E-state index in [0.29, 0.717) is 6.04 Å². The number of aromatic nitrogens is 2. The lowest BCUT2D eigenvalue weighted by atomic mass is 10.1. The van der Waals surface area contributed by atoms with Gasteiger partial charge in [0.2, 0.25) is 0 Å². The van der Waals surface area contributed by atoms with Crippen LogP contribution in [-0.4, -0.2) is 9.55 Å². The van der Waals surface area contributed by atoms with E-state index in [1.54, 1.807) is 0 Å². The Bertz CT molecular complexity index is 469. The average Bonchev–Trinajstić information content (AvgIpc) is 2.59. The molecule has 0 aliphatic heterocycles. The number of nitrogens with zero attached hydrogens (tertiary/aromatic N) is 2. The van der Waals surface area contributed by atoms with Crippen molar-refractivity contribution in [1.29, 1.82) is 0 Å². The summed E-state index contributed by atoms with van der Waals surface area (Å²) in [6.45, 7) is 6.29. The van der Waals surface area contributed by atoms with Crippen molar-refractivity contribution in [3.63, 3.8) is 0 Å². The molecule has 1 atom stereocenters. The Morgan fingerprint density at radius 2 is 2.00 bits per heavy atom. The van der Waals surface area contributed by atoms with Crippen molar-refractivity contribution in [2.24, 2.45) is 5.73 Å². The van der Waals surface area contributed by atoms with Crippen LogP contribution >= 0.6 is 0 Å². The van der Waals surface area contributed by atoms with Crippen molar-refractivity contribution >= 4 is 11.0 Å². The number of rotatable bonds is 2. The summed E-state index contributed by atoms with van der Waals surface area (Å²) < 4.78 is 2.17. The molecule has 0 radical (unpaired) electrons. The van der Waals surface area contributed by atoms with E-state index in [9.17, 15) is 0 Å². The zero-order chi connectivity index (χ0) is 11.0. The highest BCUT2D eigenvalue weighted by molar-refractivity contribution is 5.76. The van der Waals surface area contributed by atoms with E-state index in [2.05, 4.69) is 41.6 Å². The summed E-state index contributed by atoms with van der Waals surface area (Å²) in [5, 5.41) is 0. The van der Waals surface area contributed by atoms with Crippen LogP contribution in [0.4, 0.5) is 0 Å². The van der Waals surface area contributed by atoms with Crippen LogP contribution in [0.1, 0.15) is 38.4 Å². The van der Waals surface area contributed by atoms with Gasteiger partial charge >= 0.3 is 0 Å². The fourth-order valence-corrected chi connectivity index (χ4v) is 1.74. The molecule has 1 aromatic heterocycles. The molecule has 0 amide bonds. The number of nitrogens with two attached hydrogens (primary N) is 1. The largest absolute Gasteiger partial charge is 0.328 e. The average molecular weight is 203 g/mol. The SMILES string of the molecule is CC(N)c1ccc2c(c1)ncn2C(C)C. The smallest absolute Gasteiger partial charge is 0.0960 e. The van der Waals surface area contributed by atoms with Crippen LogP contribution in [0.3, 0.4) is 0 Å². The molecule has 1 unspecified atom stereocenters. The van der Waals surface area contributed by atoms with E-state index < -0.39 is 0 Å². The highest BCUT2D eigenvalue weighted by Gasteiger charge is 2.07. The Labute approximate surface area is 89.9 Å². The standard InChI is InChI=1S/C12H17N3/c1-8(2)15-7-14-11-6-10(9(3)13)4-5-12(11)15/h4-9H,13H2,1-3H3. The maximum Gasteiger partial charge on any atom is 0.0960 e. The third-order valence-electron chi connectivity index (χ3n) is 2.68. The minimum atomic E-state index is 0.0681. The van der Waals surface area contributed by atoms with Crippen LogP contribution in [0, 0.1) is 0 Å². The first-order valence-electron chi connectivity index (χ1n) is 5.31. The molecule has 3 heteroatoms. The molecule has 2 N–H and O–H groups in total. The highest BCUT2D eigenvalue weighted by Crippen LogP contribution is 2.20. The summed E-state index contributed by atoms with van der Waals surface area (Å²) in [5.41, 5.74) is 9.17. The Kier molecular flexibility index (Phi) is 2.49. The minimum Gasteiger partial charge on any atom is -0.328 e. The molecule has 3 nitrogen and oxygen atoms in total. The summed E-state index contributed by atoms with van der Waals surface area (Å²) in [5.74, 6) is 0. The fraction of sp³-hybridized carbons (Fsp3) is 0.417. The summed E-state index contributed by atoms with van der Waals surface area (Å²) in [4.78, 5) is 4.39. The molecule has 0 saturated heterocycles. The van der Waals surface area contributed by atoms with E-state index >= 15 is 0 Å². The van der Waals surface area contributed by atoms with Crippen molar-refractivity contribution in [2.75, 3.05) is 0 Å². The van der Waals surface area contributed by atoms with E-state index in [4.69, 9.17) is 5.73 Å². The van der Waals surface area contributed by atoms with Gasteiger partial charge in [0.1, 0.15) is 0 Å². The molecule has 2 rings (SSSR count). The highest BCUT2D eigenvalue weighted by atomic mass is 15.1. The van der Waals surface area contributed by atoms with Gasteiger partial charge in [-0.3, -0.25) is 0 Å². The lowest BCUT2D eigenvalue weighted by molar-refractivity contribution is 0.617. The Morgan fingerprint density at radius 3 is 2.60 bits per heavy atom. The van der Waals surface area contributed by atoms with Crippen LogP contribution in [-0.2, 0) is 0 Å². The van der Waals surface area contributed by atoms with E-state index in [-0.39, 0.29) is 6.04 Å². The van der Waals surface area contributed by atoms with E-state index in [0.717, 1.165) is 11.1 Å². The van der Waals surface area contributed by atoms with Crippen molar-refractivity contribution < 1.29 is 0 Å². The molecular weight excluding hydrogens is 186 g/mol. The molecule has 0 aliphatic carbocycles. The Balaban J connectivity index is 2.57. The maximum atomic E-state index is 5.84. The molecule has 15 heavy (non-hydrogen) atoms. The first-order chi connectivity index (χ1) is 7.09. The van der Waals surface area contributed by atoms with Crippen LogP contribution in [0.15, 0.2) is 24.5 Å². The van der Waals surface area contributed by atoms with Gasteiger partial charge in [-0.05, 0) is 38.5 Å². The molecule has 0 bridgehead atoms. The van der Waals surface area contributed by atoms with Crippen LogP contribution < -0.4 is 5.73 Å². The number of imidazole rings is 1. The van der Waals surface area contributed by atoms with Gasteiger partial charge in [0.25, 0.3) is 0 Å². The van der Waals surface area contributed by atoms with Crippen molar-refractivity contribution in [1.82, 2.24) is 9.55 Å². The van der Waals surface area contributed by atoms with Crippen LogP contribution in [0.25, 0.3) is 11.0 Å². The van der Waals surface area contributed by atoms with Gasteiger partial charge in [-0.1, -0.05) is 6.07 Å². The summed E-state index contributed by atoms with van der Waals surface area (Å²) in [6.07, 6.45) is 1.89. The third-order valence-corrected chi connectivity index (χ3v) is 2.68. The van der Waals surface area contributed by atoms with Gasteiger partial charge < -0.3 is 10.3 Å². The lowest BCUT2D eigenvalue weighted by Gasteiger charge is -2.09. The third kappa shape index (κ3) is 1.75. The molecular formula is C12H17N3. The zero-order valence-electron chi connectivity index (χ0n) is 9.44. The zero-order valence-corrected chi connectivity index (χ0v) is 9.44. The quantitative estimate of drug-likeness (QED) is 0.815. The summed E-state index contributed by atoms with van der Waals surface area (Å²) in [6, 6.07) is 6.75. The Morgan fingerprint density at radius 1 is 1.27 bits per heavy atom. The minimum absolute atomic E-state index is 0.0681. The topological polar surface area (TPSA) is 43.8 Å². The van der Waals surface area contributed by atoms with Crippen molar-refractivity contribution in [3.05, 3.63) is 30.1 Å². The number of hydrogen-bond donors (Lipinski definition) is 1. The van der Waals surface area contributed by atoms with Crippen LogP contribution in [0.5, 0.6) is 0 Å². The monoisotopic (exact) mass is 203 g/mol. The summed E-state index contributed by atoms with van der Waals surface area (Å²) in [7, 11) is 0. The number of fused-ring (bicyclic) bond motifs is 1. The molecule has 0 saturated carbocycles. The lowest BCUT2D eigenvalue weighted by Crippen LogP contribution is -2.04. The van der Waals surface area contributed by atoms with Crippen LogP contribution in [0.2, 0.25) is 0 Å². The van der Waals surface area contributed by atoms with Gasteiger partial charge in [-0.2, -0.15) is 0 Å². The molecule has 0 spiro atoms. The van der Waals surface area contributed by atoms with Crippen molar-refractivity contribution in [2.45, 2.75) is 32.9 Å². The molecule has 0 aliphatic rings. The second-order valence-electron chi connectivity index (χ2n) is 4.28. The fourth-order valence-electron chi connectivity index (χ4n) is 1.74. The predicted octanol–water partition coefficient (Wildman–Crippen LogP) is 2.64. The van der Waals surface area contributed by atoms with Gasteiger partial charge in [0.15, 0.2) is 0 Å². The molecule has 1 aromatic carbocycles.